The Kier molecular flexibility index (Phi) is 20.3. The number of halogens is 9. The summed E-state index contributed by atoms with van der Waals surface area (Å²) in [5.74, 6) is -2.48. The lowest BCUT2D eigenvalue weighted by atomic mass is 9.94. The van der Waals surface area contributed by atoms with E-state index in [4.69, 9.17) is 53.8 Å². The van der Waals surface area contributed by atoms with Crippen LogP contribution in [0.3, 0.4) is 0 Å². The van der Waals surface area contributed by atoms with Crippen molar-refractivity contribution in [3.63, 3.8) is 0 Å². The number of esters is 2. The van der Waals surface area contributed by atoms with E-state index >= 15 is 0 Å². The predicted octanol–water partition coefficient (Wildman–Crippen LogP) is 8.16. The smallest absolute Gasteiger partial charge is 0.416 e. The number of hydrogen-bond acceptors (Lipinski definition) is 11. The number of alkyl halides is 8. The molecule has 2 heterocycles. The van der Waals surface area contributed by atoms with Crippen LogP contribution >= 0.6 is 34.8 Å². The van der Waals surface area contributed by atoms with Gasteiger partial charge in [-0.2, -0.15) is 26.3 Å². The summed E-state index contributed by atoms with van der Waals surface area (Å²) in [6, 6.07) is 8.91. The van der Waals surface area contributed by atoms with E-state index in [2.05, 4.69) is 5.32 Å². The maximum atomic E-state index is 12.9. The van der Waals surface area contributed by atoms with Gasteiger partial charge in [-0.25, -0.2) is 19.2 Å². The maximum absolute atomic E-state index is 12.9. The molecule has 0 spiro atoms. The van der Waals surface area contributed by atoms with Gasteiger partial charge in [-0.05, 0) is 95.0 Å². The normalized spacial score (nSPS) is 18.6. The Labute approximate surface area is 388 Å². The average molecular weight is 994 g/mol. The highest BCUT2D eigenvalue weighted by atomic mass is 35.5. The molecule has 14 nitrogen and oxygen atoms in total. The lowest BCUT2D eigenvalue weighted by Crippen LogP contribution is -2.59. The average Bonchev–Trinajstić information content (AvgIpc) is 3.87. The van der Waals surface area contributed by atoms with Crippen molar-refractivity contribution in [3.05, 3.63) is 70.8 Å². The summed E-state index contributed by atoms with van der Waals surface area (Å²) in [4.78, 5) is 76.1. The third kappa shape index (κ3) is 17.0. The molecule has 0 bridgehead atoms. The Hall–Kier alpha value is -4.53. The van der Waals surface area contributed by atoms with Gasteiger partial charge in [0.05, 0.1) is 44.3 Å². The fourth-order valence-electron chi connectivity index (χ4n) is 6.45. The molecule has 2 saturated heterocycles. The van der Waals surface area contributed by atoms with Crippen LogP contribution in [0.2, 0.25) is 0 Å². The van der Waals surface area contributed by atoms with Crippen molar-refractivity contribution in [1.29, 1.82) is 0 Å². The second kappa shape index (κ2) is 23.3. The molecule has 2 aromatic rings. The fourth-order valence-corrected chi connectivity index (χ4v) is 6.59. The maximum Gasteiger partial charge on any atom is 0.416 e. The number of likely N-dealkylation sites (tertiary alicyclic amines) is 2. The molecule has 0 radical (unpaired) electrons. The highest BCUT2D eigenvalue weighted by molar-refractivity contribution is 6.67. The molecule has 65 heavy (non-hydrogen) atoms. The minimum Gasteiger partial charge on any atom is -0.468 e. The minimum atomic E-state index is -4.50. The van der Waals surface area contributed by atoms with Crippen LogP contribution in [0.1, 0.15) is 76.6 Å². The van der Waals surface area contributed by atoms with Crippen molar-refractivity contribution >= 4 is 70.1 Å². The summed E-state index contributed by atoms with van der Waals surface area (Å²) >= 11 is 15.3. The molecule has 364 valence electrons. The summed E-state index contributed by atoms with van der Waals surface area (Å²) in [5.41, 5.74) is -4.77. The number of methoxy groups -OCH3 is 2. The lowest BCUT2D eigenvalue weighted by molar-refractivity contribution is -0.161. The minimum absolute atomic E-state index is 0.0508. The van der Waals surface area contributed by atoms with Crippen LogP contribution in [0.4, 0.5) is 35.9 Å². The zero-order valence-corrected chi connectivity index (χ0v) is 39.3. The Morgan fingerprint density at radius 2 is 1.08 bits per heavy atom. The van der Waals surface area contributed by atoms with Crippen LogP contribution in [0.25, 0.3) is 0 Å². The Balaban J connectivity index is 0.000000407. The predicted molar refractivity (Wildman–Crippen MR) is 227 cm³/mol. The molecule has 3 amide bonds. The van der Waals surface area contributed by atoms with E-state index in [9.17, 15) is 55.1 Å². The van der Waals surface area contributed by atoms with Crippen molar-refractivity contribution in [2.45, 2.75) is 102 Å². The number of carbonyl (C=O) groups is 6. The summed E-state index contributed by atoms with van der Waals surface area (Å²) in [5, 5.41) is 2.56. The number of nitrogens with one attached hydrogen (secondary N) is 1. The van der Waals surface area contributed by atoms with Gasteiger partial charge in [0.2, 0.25) is 11.1 Å². The van der Waals surface area contributed by atoms with Gasteiger partial charge in [-0.1, -0.05) is 24.3 Å². The largest absolute Gasteiger partial charge is 0.468 e. The number of ether oxygens (including phenoxy) is 4. The van der Waals surface area contributed by atoms with E-state index < -0.39 is 86.9 Å². The van der Waals surface area contributed by atoms with Crippen LogP contribution in [0.15, 0.2) is 48.5 Å². The molecular weight excluding hydrogens is 941 g/mol. The van der Waals surface area contributed by atoms with Gasteiger partial charge in [0, 0.05) is 32.6 Å². The molecule has 2 fully saturated rings. The van der Waals surface area contributed by atoms with E-state index in [0.29, 0.717) is 24.1 Å². The van der Waals surface area contributed by atoms with E-state index in [0.717, 1.165) is 31.4 Å². The first-order chi connectivity index (χ1) is 29.9. The van der Waals surface area contributed by atoms with Crippen LogP contribution in [-0.4, -0.2) is 124 Å². The first-order valence-electron chi connectivity index (χ1n) is 19.7. The molecule has 4 rings (SSSR count). The Morgan fingerprint density at radius 3 is 1.46 bits per heavy atom. The number of rotatable bonds is 10. The summed E-state index contributed by atoms with van der Waals surface area (Å²) in [6.07, 6.45) is -9.73. The number of hydrogen-bond donors (Lipinski definition) is 1. The molecule has 0 aromatic heterocycles. The number of benzene rings is 2. The first kappa shape index (κ1) is 56.6. The number of nitrogens with zero attached hydrogens (tertiary/aromatic N) is 3. The van der Waals surface area contributed by atoms with E-state index in [1.54, 1.807) is 41.5 Å². The molecule has 1 N–H and O–H groups in total. The van der Waals surface area contributed by atoms with Crippen LogP contribution in [0.5, 0.6) is 0 Å². The fraction of sp³-hybridized carbons (Fsp3) is 0.571. The van der Waals surface area contributed by atoms with Crippen molar-refractivity contribution in [1.82, 2.24) is 20.0 Å². The topological polar surface area (TPSA) is 161 Å². The lowest BCUT2D eigenvalue weighted by Gasteiger charge is -2.38. The number of amides is 3. The molecule has 0 saturated carbocycles. The highest BCUT2D eigenvalue weighted by Crippen LogP contribution is 2.35. The summed E-state index contributed by atoms with van der Waals surface area (Å²) in [7, 11) is 2.40. The van der Waals surface area contributed by atoms with E-state index in [1.165, 1.54) is 46.1 Å². The van der Waals surface area contributed by atoms with Crippen molar-refractivity contribution in [3.8, 4) is 0 Å². The van der Waals surface area contributed by atoms with Gasteiger partial charge >= 0.3 is 36.5 Å². The second-order valence-electron chi connectivity index (χ2n) is 16.7. The monoisotopic (exact) mass is 992 g/mol. The quantitative estimate of drug-likeness (QED) is 0.0804. The summed E-state index contributed by atoms with van der Waals surface area (Å²) in [6.45, 7) is 10.6. The van der Waals surface area contributed by atoms with Gasteiger partial charge in [0.25, 0.3) is 0 Å². The zero-order chi connectivity index (χ0) is 49.8. The van der Waals surface area contributed by atoms with Crippen molar-refractivity contribution in [2.24, 2.45) is 0 Å². The van der Waals surface area contributed by atoms with E-state index in [-0.39, 0.29) is 45.0 Å². The van der Waals surface area contributed by atoms with Gasteiger partial charge in [0.15, 0.2) is 5.54 Å². The molecule has 2 aliphatic rings. The van der Waals surface area contributed by atoms with Gasteiger partial charge in [0.1, 0.15) is 22.6 Å². The Morgan fingerprint density at radius 1 is 0.662 bits per heavy atom. The van der Waals surface area contributed by atoms with Crippen molar-refractivity contribution < 1.29 is 74.1 Å². The third-order valence-electron chi connectivity index (χ3n) is 9.53. The summed E-state index contributed by atoms with van der Waals surface area (Å²) < 4.78 is 97.1. The van der Waals surface area contributed by atoms with E-state index in [1.807, 2.05) is 0 Å². The molecule has 2 aromatic carbocycles. The SMILES string of the molecule is COC(=O)C1(N(Cc2ccc(C(F)(F)F)cc2)C(=O)CCl)CCN(C(=O)OC(C)(C)C)C1.COC(=O)C1(NCc2ccc(C(F)(F)F)cc2)CCN(C(=O)OC(C)(C)C)C1.O=C(Cl)CCl. The first-order valence-corrected chi connectivity index (χ1v) is 21.1. The van der Waals surface area contributed by atoms with Crippen LogP contribution in [-0.2, 0) is 63.6 Å². The molecule has 2 aliphatic heterocycles. The van der Waals surface area contributed by atoms with Gasteiger partial charge in [-0.15, -0.1) is 23.2 Å². The molecule has 2 atom stereocenters. The van der Waals surface area contributed by atoms with Crippen LogP contribution in [0, 0.1) is 0 Å². The Bertz CT molecular complexity index is 1960. The highest BCUT2D eigenvalue weighted by Gasteiger charge is 2.54. The number of carbonyl (C=O) groups excluding carboxylic acids is 6. The molecule has 2 unspecified atom stereocenters. The molecular formula is C42H53Cl3F6N4O10. The zero-order valence-electron chi connectivity index (χ0n) is 37.0. The standard InChI is InChI=1S/C21H26ClF3N2O5.C19H25F3N2O4.C2H2Cl2O/c1-19(2,3)32-18(30)26-10-9-20(13-26,17(29)31-4)27(16(28)11-22)12-14-5-7-15(8-6-14)21(23,24)25;1-17(2,3)28-16(26)24-10-9-18(12-24,15(25)27-4)23-11-13-5-7-14(8-6-13)19(20,21)22;3-1-2(4)5/h5-8H,9-13H2,1-4H3;5-8,23H,9-12H2,1-4H3;1H2. The van der Waals surface area contributed by atoms with Crippen LogP contribution < -0.4 is 5.32 Å². The molecule has 23 heteroatoms. The van der Waals surface area contributed by atoms with Crippen molar-refractivity contribution in [2.75, 3.05) is 52.2 Å². The second-order valence-corrected chi connectivity index (χ2v) is 17.7. The van der Waals surface area contributed by atoms with Gasteiger partial charge in [-0.3, -0.25) is 14.9 Å². The van der Waals surface area contributed by atoms with Gasteiger partial charge < -0.3 is 33.6 Å². The molecule has 0 aliphatic carbocycles. The third-order valence-corrected chi connectivity index (χ3v) is 10.3.